The number of hydrogen-bond donors (Lipinski definition) is 1. The molecule has 1 unspecified atom stereocenters. The number of ether oxygens (including phenoxy) is 1. The van der Waals surface area contributed by atoms with Gasteiger partial charge in [0, 0.05) is 0 Å². The maximum absolute atomic E-state index is 10.2. The van der Waals surface area contributed by atoms with Gasteiger partial charge in [-0.15, -0.1) is 6.58 Å². The van der Waals surface area contributed by atoms with E-state index >= 15 is 0 Å². The summed E-state index contributed by atoms with van der Waals surface area (Å²) in [5, 5.41) is 10.2. The van der Waals surface area contributed by atoms with Gasteiger partial charge in [0.1, 0.15) is 5.75 Å². The third-order valence-electron chi connectivity index (χ3n) is 2.62. The third-order valence-corrected chi connectivity index (χ3v) is 2.62. The quantitative estimate of drug-likeness (QED) is 0.746. The van der Waals surface area contributed by atoms with Crippen LogP contribution in [0.5, 0.6) is 5.75 Å². The molecule has 0 spiro atoms. The predicted octanol–water partition coefficient (Wildman–Crippen LogP) is 3.26. The highest BCUT2D eigenvalue weighted by molar-refractivity contribution is 5.30. The lowest BCUT2D eigenvalue weighted by molar-refractivity contribution is 0.0488. The summed E-state index contributed by atoms with van der Waals surface area (Å²) >= 11 is 0. The van der Waals surface area contributed by atoms with Crippen molar-refractivity contribution in [3.05, 3.63) is 42.5 Å². The van der Waals surface area contributed by atoms with E-state index in [4.69, 9.17) is 4.74 Å². The molecule has 0 saturated heterocycles. The molecule has 0 aromatic heterocycles. The Balaban J connectivity index is 2.75. The molecule has 2 heteroatoms. The van der Waals surface area contributed by atoms with Crippen molar-refractivity contribution in [2.45, 2.75) is 32.3 Å². The molecule has 0 aliphatic heterocycles. The van der Waals surface area contributed by atoms with E-state index in [-0.39, 0.29) is 0 Å². The molecule has 0 aliphatic rings. The summed E-state index contributed by atoms with van der Waals surface area (Å²) in [7, 11) is 0. The molecular formula is C14H20O2. The molecule has 1 N–H and O–H groups in total. The Labute approximate surface area is 97.6 Å². The zero-order chi connectivity index (χ0) is 12.0. The molecule has 0 saturated carbocycles. The minimum Gasteiger partial charge on any atom is -0.494 e. The van der Waals surface area contributed by atoms with Crippen molar-refractivity contribution in [1.82, 2.24) is 0 Å². The zero-order valence-corrected chi connectivity index (χ0v) is 10.1. The number of benzene rings is 1. The Hall–Kier alpha value is -1.28. The summed E-state index contributed by atoms with van der Waals surface area (Å²) in [6.07, 6.45) is 3.31. The maximum atomic E-state index is 10.2. The van der Waals surface area contributed by atoms with Crippen molar-refractivity contribution in [2.24, 2.45) is 0 Å². The van der Waals surface area contributed by atoms with E-state index < -0.39 is 5.60 Å². The lowest BCUT2D eigenvalue weighted by Gasteiger charge is -2.23. The van der Waals surface area contributed by atoms with Gasteiger partial charge in [-0.1, -0.05) is 18.2 Å². The van der Waals surface area contributed by atoms with Crippen LogP contribution >= 0.6 is 0 Å². The lowest BCUT2D eigenvalue weighted by atomic mass is 9.91. The van der Waals surface area contributed by atoms with Gasteiger partial charge in [-0.25, -0.2) is 0 Å². The van der Waals surface area contributed by atoms with Crippen LogP contribution < -0.4 is 4.74 Å². The summed E-state index contributed by atoms with van der Waals surface area (Å²) in [6.45, 7) is 8.10. The van der Waals surface area contributed by atoms with E-state index in [1.807, 2.05) is 44.2 Å². The molecule has 0 aliphatic carbocycles. The molecule has 0 fully saturated rings. The Morgan fingerprint density at radius 1 is 1.38 bits per heavy atom. The van der Waals surface area contributed by atoms with Gasteiger partial charge in [-0.3, -0.25) is 0 Å². The smallest absolute Gasteiger partial charge is 0.119 e. The van der Waals surface area contributed by atoms with Crippen LogP contribution in [-0.4, -0.2) is 11.7 Å². The number of rotatable bonds is 6. The van der Waals surface area contributed by atoms with Gasteiger partial charge >= 0.3 is 0 Å². The zero-order valence-electron chi connectivity index (χ0n) is 10.1. The van der Waals surface area contributed by atoms with Crippen molar-refractivity contribution in [3.8, 4) is 5.75 Å². The van der Waals surface area contributed by atoms with E-state index in [9.17, 15) is 5.11 Å². The summed E-state index contributed by atoms with van der Waals surface area (Å²) in [6, 6.07) is 7.60. The van der Waals surface area contributed by atoms with Crippen LogP contribution in [0.15, 0.2) is 36.9 Å². The molecule has 1 atom stereocenters. The monoisotopic (exact) mass is 220 g/mol. The van der Waals surface area contributed by atoms with E-state index in [0.717, 1.165) is 17.7 Å². The van der Waals surface area contributed by atoms with Gasteiger partial charge in [0.25, 0.3) is 0 Å². The highest BCUT2D eigenvalue weighted by Gasteiger charge is 2.21. The molecule has 1 rings (SSSR count). The van der Waals surface area contributed by atoms with Crippen molar-refractivity contribution in [2.75, 3.05) is 6.61 Å². The summed E-state index contributed by atoms with van der Waals surface area (Å²) in [5.41, 5.74) is 0.122. The van der Waals surface area contributed by atoms with Crippen LogP contribution in [0.3, 0.4) is 0 Å². The van der Waals surface area contributed by atoms with Gasteiger partial charge in [-0.2, -0.15) is 0 Å². The highest BCUT2D eigenvalue weighted by Crippen LogP contribution is 2.27. The van der Waals surface area contributed by atoms with Crippen LogP contribution in [0.25, 0.3) is 0 Å². The van der Waals surface area contributed by atoms with Gasteiger partial charge in [0.05, 0.1) is 12.2 Å². The third kappa shape index (κ3) is 3.38. The standard InChI is InChI=1S/C14H20O2/c1-4-6-11-14(3,15)12-7-9-13(10-8-12)16-5-2/h4,7-10,15H,1,5-6,11H2,2-3H3. The van der Waals surface area contributed by atoms with Crippen molar-refractivity contribution in [1.29, 1.82) is 0 Å². The molecule has 0 radical (unpaired) electrons. The fourth-order valence-electron chi connectivity index (χ4n) is 1.60. The first kappa shape index (κ1) is 12.8. The highest BCUT2D eigenvalue weighted by atomic mass is 16.5. The van der Waals surface area contributed by atoms with E-state index in [2.05, 4.69) is 6.58 Å². The number of aliphatic hydroxyl groups is 1. The average Bonchev–Trinajstić information content (AvgIpc) is 2.28. The minimum absolute atomic E-state index is 0.659. The number of allylic oxidation sites excluding steroid dienone is 1. The first-order valence-electron chi connectivity index (χ1n) is 5.66. The second-order valence-corrected chi connectivity index (χ2v) is 4.06. The summed E-state index contributed by atoms with van der Waals surface area (Å²) in [5.74, 6) is 0.839. The van der Waals surface area contributed by atoms with Crippen molar-refractivity contribution >= 4 is 0 Å². The lowest BCUT2D eigenvalue weighted by Crippen LogP contribution is -2.20. The summed E-state index contributed by atoms with van der Waals surface area (Å²) < 4.78 is 5.36. The first-order valence-corrected chi connectivity index (χ1v) is 5.66. The maximum Gasteiger partial charge on any atom is 0.119 e. The fourth-order valence-corrected chi connectivity index (χ4v) is 1.60. The topological polar surface area (TPSA) is 29.5 Å². The molecule has 1 aromatic rings. The van der Waals surface area contributed by atoms with E-state index in [1.165, 1.54) is 0 Å². The molecule has 16 heavy (non-hydrogen) atoms. The predicted molar refractivity (Wildman–Crippen MR) is 66.6 cm³/mol. The second kappa shape index (κ2) is 5.71. The Bertz CT molecular complexity index is 325. The average molecular weight is 220 g/mol. The van der Waals surface area contributed by atoms with E-state index in [1.54, 1.807) is 0 Å². The molecule has 0 amide bonds. The summed E-state index contributed by atoms with van der Waals surface area (Å²) in [4.78, 5) is 0. The Morgan fingerprint density at radius 2 is 2.00 bits per heavy atom. The van der Waals surface area contributed by atoms with E-state index in [0.29, 0.717) is 13.0 Å². The normalized spacial score (nSPS) is 14.2. The van der Waals surface area contributed by atoms with Crippen molar-refractivity contribution < 1.29 is 9.84 Å². The molecule has 1 aromatic carbocycles. The largest absolute Gasteiger partial charge is 0.494 e. The van der Waals surface area contributed by atoms with Crippen LogP contribution in [0.2, 0.25) is 0 Å². The van der Waals surface area contributed by atoms with Crippen molar-refractivity contribution in [3.63, 3.8) is 0 Å². The minimum atomic E-state index is -0.793. The molecule has 88 valence electrons. The molecule has 0 bridgehead atoms. The van der Waals surface area contributed by atoms with Crippen LogP contribution in [0, 0.1) is 0 Å². The SMILES string of the molecule is C=CCCC(C)(O)c1ccc(OCC)cc1. The first-order chi connectivity index (χ1) is 7.60. The van der Waals surface area contributed by atoms with Crippen LogP contribution in [0.1, 0.15) is 32.3 Å². The fraction of sp³-hybridized carbons (Fsp3) is 0.429. The number of hydrogen-bond acceptors (Lipinski definition) is 2. The Kier molecular flexibility index (Phi) is 4.56. The van der Waals surface area contributed by atoms with Gasteiger partial charge in [0.2, 0.25) is 0 Å². The second-order valence-electron chi connectivity index (χ2n) is 4.06. The van der Waals surface area contributed by atoms with Crippen LogP contribution in [-0.2, 0) is 5.60 Å². The van der Waals surface area contributed by atoms with Crippen LogP contribution in [0.4, 0.5) is 0 Å². The van der Waals surface area contributed by atoms with Gasteiger partial charge < -0.3 is 9.84 Å². The van der Waals surface area contributed by atoms with Gasteiger partial charge in [0.15, 0.2) is 0 Å². The van der Waals surface area contributed by atoms with Gasteiger partial charge in [-0.05, 0) is 44.4 Å². The molecule has 2 nitrogen and oxygen atoms in total. The molecule has 0 heterocycles. The Morgan fingerprint density at radius 3 is 2.50 bits per heavy atom. The molecular weight excluding hydrogens is 200 g/mol.